The van der Waals surface area contributed by atoms with Gasteiger partial charge in [-0.3, -0.25) is 0 Å². The number of hydrogen-bond acceptors (Lipinski definition) is 0. The van der Waals surface area contributed by atoms with Crippen LogP contribution < -0.4 is 0 Å². The zero-order valence-electron chi connectivity index (χ0n) is 32.0. The standard InChI is InChI=1S/C57H38/c1-57(2)55-42-31-29-39(33-40(42)30-32-51(55)54-45-17-7-5-15-43(45)44-16-6-12-22-50(44)56(54)57)36-23-26-37(27-24-36)52-46-18-8-10-20-48(46)53(49-21-11-9-19-47(49)52)41-28-25-35-13-3-4-14-38(35)34-41/h3-34H,1-2H3. The summed E-state index contributed by atoms with van der Waals surface area (Å²) in [5.74, 6) is 0. The Morgan fingerprint density at radius 2 is 0.702 bits per heavy atom. The lowest BCUT2D eigenvalue weighted by molar-refractivity contribution is 0.672. The van der Waals surface area contributed by atoms with E-state index in [1.54, 1.807) is 0 Å². The number of hydrogen-bond donors (Lipinski definition) is 0. The van der Waals surface area contributed by atoms with Crippen molar-refractivity contribution in [1.29, 1.82) is 0 Å². The summed E-state index contributed by atoms with van der Waals surface area (Å²) in [6.07, 6.45) is 0. The van der Waals surface area contributed by atoms with E-state index in [9.17, 15) is 0 Å². The van der Waals surface area contributed by atoms with Gasteiger partial charge in [0.05, 0.1) is 0 Å². The molecule has 266 valence electrons. The molecule has 57 heavy (non-hydrogen) atoms. The topological polar surface area (TPSA) is 0 Å². The van der Waals surface area contributed by atoms with Crippen LogP contribution >= 0.6 is 0 Å². The lowest BCUT2D eigenvalue weighted by Crippen LogP contribution is -2.16. The Hall–Kier alpha value is -7.02. The summed E-state index contributed by atoms with van der Waals surface area (Å²) >= 11 is 0. The summed E-state index contributed by atoms with van der Waals surface area (Å²) in [6, 6.07) is 72.4. The smallest absolute Gasteiger partial charge is 0.0171 e. The van der Waals surface area contributed by atoms with Gasteiger partial charge in [0.25, 0.3) is 0 Å². The third-order valence-electron chi connectivity index (χ3n) is 12.9. The molecule has 0 heteroatoms. The Balaban J connectivity index is 0.980. The van der Waals surface area contributed by atoms with Crippen LogP contribution in [0.4, 0.5) is 0 Å². The van der Waals surface area contributed by atoms with E-state index in [1.807, 2.05) is 0 Å². The Morgan fingerprint density at radius 3 is 1.35 bits per heavy atom. The predicted octanol–water partition coefficient (Wildman–Crippen LogP) is 15.9. The lowest BCUT2D eigenvalue weighted by Gasteiger charge is -2.25. The van der Waals surface area contributed by atoms with Crippen LogP contribution in [0.5, 0.6) is 0 Å². The molecule has 0 aliphatic heterocycles. The highest BCUT2D eigenvalue weighted by molar-refractivity contribution is 6.22. The second-order valence-electron chi connectivity index (χ2n) is 16.4. The van der Waals surface area contributed by atoms with Crippen LogP contribution in [0, 0.1) is 0 Å². The molecule has 0 spiro atoms. The Labute approximate surface area is 332 Å². The summed E-state index contributed by atoms with van der Waals surface area (Å²) in [5.41, 5.74) is 13.0. The maximum absolute atomic E-state index is 2.42. The first-order chi connectivity index (χ1) is 28.0. The van der Waals surface area contributed by atoms with E-state index in [1.165, 1.54) is 120 Å². The van der Waals surface area contributed by atoms with Gasteiger partial charge in [-0.1, -0.05) is 196 Å². The van der Waals surface area contributed by atoms with Gasteiger partial charge in [0.15, 0.2) is 0 Å². The van der Waals surface area contributed by atoms with Crippen molar-refractivity contribution < 1.29 is 0 Å². The fraction of sp³-hybridized carbons (Fsp3) is 0.0526. The van der Waals surface area contributed by atoms with E-state index in [4.69, 9.17) is 0 Å². The summed E-state index contributed by atoms with van der Waals surface area (Å²) in [4.78, 5) is 0. The fourth-order valence-electron chi connectivity index (χ4n) is 10.5. The highest BCUT2D eigenvalue weighted by Gasteiger charge is 2.39. The molecule has 0 nitrogen and oxygen atoms in total. The van der Waals surface area contributed by atoms with Gasteiger partial charge in [0, 0.05) is 5.41 Å². The minimum absolute atomic E-state index is 0.146. The van der Waals surface area contributed by atoms with Crippen molar-refractivity contribution in [2.75, 3.05) is 0 Å². The molecular formula is C57H38. The van der Waals surface area contributed by atoms with Crippen LogP contribution in [-0.4, -0.2) is 0 Å². The molecule has 0 atom stereocenters. The zero-order chi connectivity index (χ0) is 37.8. The molecule has 0 amide bonds. The first-order valence-electron chi connectivity index (χ1n) is 20.1. The highest BCUT2D eigenvalue weighted by Crippen LogP contribution is 2.56. The summed E-state index contributed by atoms with van der Waals surface area (Å²) in [5, 5.41) is 15.6. The van der Waals surface area contributed by atoms with E-state index in [2.05, 4.69) is 208 Å². The van der Waals surface area contributed by atoms with Crippen LogP contribution in [0.2, 0.25) is 0 Å². The largest absolute Gasteiger partial charge is 0.0616 e. The monoisotopic (exact) mass is 722 g/mol. The molecule has 0 bridgehead atoms. The average molecular weight is 723 g/mol. The highest BCUT2D eigenvalue weighted by atomic mass is 14.4. The number of benzene rings is 11. The van der Waals surface area contributed by atoms with E-state index in [-0.39, 0.29) is 5.41 Å². The van der Waals surface area contributed by atoms with Crippen molar-refractivity contribution in [2.45, 2.75) is 19.3 Å². The molecule has 0 saturated heterocycles. The van der Waals surface area contributed by atoms with Crippen LogP contribution in [0.3, 0.4) is 0 Å². The Bertz CT molecular complexity index is 3410. The second kappa shape index (κ2) is 12.0. The average Bonchev–Trinajstić information content (AvgIpc) is 3.52. The predicted molar refractivity (Wildman–Crippen MR) is 245 cm³/mol. The third-order valence-corrected chi connectivity index (χ3v) is 12.9. The van der Waals surface area contributed by atoms with Crippen molar-refractivity contribution in [3.63, 3.8) is 0 Å². The zero-order valence-corrected chi connectivity index (χ0v) is 32.0. The third kappa shape index (κ3) is 4.62. The molecule has 0 aromatic heterocycles. The number of rotatable bonds is 3. The Morgan fingerprint density at radius 1 is 0.263 bits per heavy atom. The molecule has 1 aliphatic carbocycles. The van der Waals surface area contributed by atoms with Gasteiger partial charge in [0.2, 0.25) is 0 Å². The van der Waals surface area contributed by atoms with Gasteiger partial charge >= 0.3 is 0 Å². The molecule has 0 unspecified atom stereocenters. The lowest BCUT2D eigenvalue weighted by atomic mass is 9.77. The summed E-state index contributed by atoms with van der Waals surface area (Å²) < 4.78 is 0. The second-order valence-corrected chi connectivity index (χ2v) is 16.4. The van der Waals surface area contributed by atoms with Gasteiger partial charge < -0.3 is 0 Å². The molecule has 12 rings (SSSR count). The van der Waals surface area contributed by atoms with Crippen LogP contribution in [0.1, 0.15) is 25.0 Å². The minimum Gasteiger partial charge on any atom is -0.0616 e. The molecule has 1 aliphatic rings. The van der Waals surface area contributed by atoms with E-state index < -0.39 is 0 Å². The van der Waals surface area contributed by atoms with Gasteiger partial charge in [-0.25, -0.2) is 0 Å². The van der Waals surface area contributed by atoms with Crippen molar-refractivity contribution >= 4 is 64.6 Å². The van der Waals surface area contributed by atoms with Crippen LogP contribution in [-0.2, 0) is 5.41 Å². The summed E-state index contributed by atoms with van der Waals surface area (Å²) in [6.45, 7) is 4.85. The fourth-order valence-corrected chi connectivity index (χ4v) is 10.5. The van der Waals surface area contributed by atoms with Crippen LogP contribution in [0.25, 0.3) is 109 Å². The van der Waals surface area contributed by atoms with Gasteiger partial charge in [-0.05, 0) is 132 Å². The molecule has 0 fully saturated rings. The maximum atomic E-state index is 2.42. The maximum Gasteiger partial charge on any atom is 0.0171 e. The number of fused-ring (bicyclic) bond motifs is 13. The van der Waals surface area contributed by atoms with E-state index in [0.717, 1.165) is 0 Å². The van der Waals surface area contributed by atoms with Crippen molar-refractivity contribution in [2.24, 2.45) is 0 Å². The first-order valence-corrected chi connectivity index (χ1v) is 20.1. The van der Waals surface area contributed by atoms with Gasteiger partial charge in [0.1, 0.15) is 0 Å². The quantitative estimate of drug-likeness (QED) is 0.126. The van der Waals surface area contributed by atoms with Crippen molar-refractivity contribution in [3.05, 3.63) is 205 Å². The molecule has 0 heterocycles. The summed E-state index contributed by atoms with van der Waals surface area (Å²) in [7, 11) is 0. The molecule has 11 aromatic carbocycles. The molecule has 0 radical (unpaired) electrons. The van der Waals surface area contributed by atoms with Gasteiger partial charge in [-0.15, -0.1) is 0 Å². The van der Waals surface area contributed by atoms with E-state index >= 15 is 0 Å². The van der Waals surface area contributed by atoms with Crippen LogP contribution in [0.15, 0.2) is 194 Å². The molecule has 11 aromatic rings. The molecular weight excluding hydrogens is 685 g/mol. The first kappa shape index (κ1) is 32.2. The van der Waals surface area contributed by atoms with E-state index in [0.29, 0.717) is 0 Å². The van der Waals surface area contributed by atoms with Crippen molar-refractivity contribution in [1.82, 2.24) is 0 Å². The normalized spacial score (nSPS) is 13.2. The molecule has 0 saturated carbocycles. The SMILES string of the molecule is CC1(C)c2c(ccc3cc(-c4ccc(-c5c6ccccc6c(-c6ccc7ccccc7c6)c6ccccc56)cc4)ccc23)-c2c1c1ccccc1c1ccccc21. The van der Waals surface area contributed by atoms with Gasteiger partial charge in [-0.2, -0.15) is 0 Å². The van der Waals surface area contributed by atoms with Crippen molar-refractivity contribution in [3.8, 4) is 44.5 Å². The molecule has 0 N–H and O–H groups in total. The minimum atomic E-state index is -0.146. The Kier molecular flexibility index (Phi) is 6.78.